The molecule has 2 saturated carbocycles. The van der Waals surface area contributed by atoms with Gasteiger partial charge in [0.2, 0.25) is 23.7 Å². The molecule has 4 aliphatic rings. The highest BCUT2D eigenvalue weighted by molar-refractivity contribution is 7.14. The third-order valence-corrected chi connectivity index (χ3v) is 12.2. The third kappa shape index (κ3) is 9.42. The van der Waals surface area contributed by atoms with Gasteiger partial charge in [0.1, 0.15) is 6.04 Å². The van der Waals surface area contributed by atoms with E-state index in [1.165, 1.54) is 34.8 Å². The lowest BCUT2D eigenvalue weighted by Gasteiger charge is -2.30. The van der Waals surface area contributed by atoms with E-state index in [4.69, 9.17) is 16.6 Å². The Morgan fingerprint density at radius 3 is 2.58 bits per heavy atom. The number of hydrogen-bond donors (Lipinski definition) is 5. The molecule has 1 unspecified atom stereocenters. The van der Waals surface area contributed by atoms with Crippen molar-refractivity contribution in [3.8, 4) is 11.3 Å². The zero-order valence-electron chi connectivity index (χ0n) is 30.2. The Hall–Kier alpha value is -3.92. The number of thiophene rings is 1. The van der Waals surface area contributed by atoms with E-state index >= 15 is 0 Å². The molecule has 7 rings (SSSR count). The number of aromatic nitrogens is 4. The van der Waals surface area contributed by atoms with Gasteiger partial charge in [0.15, 0.2) is 0 Å². The zero-order chi connectivity index (χ0) is 36.9. The van der Waals surface area contributed by atoms with Crippen LogP contribution in [0.3, 0.4) is 0 Å². The van der Waals surface area contributed by atoms with Crippen molar-refractivity contribution in [2.45, 2.75) is 108 Å². The van der Waals surface area contributed by atoms with Crippen LogP contribution in [0, 0.1) is 5.92 Å². The van der Waals surface area contributed by atoms with Gasteiger partial charge in [0.25, 0.3) is 5.91 Å². The molecule has 5 N–H and O–H groups in total. The number of unbranched alkanes of at least 4 members (excludes halogenated alkanes) is 2. The Morgan fingerprint density at radius 1 is 1.02 bits per heavy atom. The Balaban J connectivity index is 0.726. The quantitative estimate of drug-likeness (QED) is 0.101. The lowest BCUT2D eigenvalue weighted by Crippen LogP contribution is -2.52. The molecule has 0 aromatic carbocycles. The standard InChI is InChI=1S/C37H49ClN10O4S/c1-47-30(15-22-5-6-22)27(18-43-47)33-28(38)19-42-37(46-33)44-25-9-7-24(8-10-25)40-14-4-2-3-13-39-20-32(50)41-17-26-16-23-21-48(36(52)34(23)53-26)29-11-12-31(49)45-35(29)51/h16,18-19,22,24-25,29,39-40H,2-15,17,20-21H2,1H3,(H,41,50)(H,42,44,46)(H,45,49,51). The number of anilines is 1. The molecule has 3 aromatic heterocycles. The van der Waals surface area contributed by atoms with Crippen LogP contribution in [0.1, 0.15) is 96.4 Å². The van der Waals surface area contributed by atoms with E-state index in [2.05, 4.69) is 36.7 Å². The number of hydrogen-bond acceptors (Lipinski definition) is 11. The molecule has 16 heteroatoms. The maximum atomic E-state index is 12.9. The lowest BCUT2D eigenvalue weighted by atomic mass is 9.91. The van der Waals surface area contributed by atoms with Crippen molar-refractivity contribution in [1.29, 1.82) is 0 Å². The number of amides is 4. The number of aryl methyl sites for hydroxylation is 1. The maximum Gasteiger partial charge on any atom is 0.265 e. The molecule has 284 valence electrons. The highest BCUT2D eigenvalue weighted by atomic mass is 35.5. The minimum Gasteiger partial charge on any atom is -0.351 e. The number of halogens is 1. The van der Waals surface area contributed by atoms with Crippen molar-refractivity contribution in [1.82, 2.24) is 45.9 Å². The summed E-state index contributed by atoms with van der Waals surface area (Å²) in [7, 11) is 1.98. The average Bonchev–Trinajstić information content (AvgIpc) is 3.66. The van der Waals surface area contributed by atoms with Crippen molar-refractivity contribution in [2.24, 2.45) is 13.0 Å². The van der Waals surface area contributed by atoms with Crippen LogP contribution in [0.25, 0.3) is 11.3 Å². The van der Waals surface area contributed by atoms with Gasteiger partial charge in [0, 0.05) is 48.2 Å². The van der Waals surface area contributed by atoms with Crippen molar-refractivity contribution >= 4 is 52.5 Å². The van der Waals surface area contributed by atoms with Crippen LogP contribution < -0.4 is 26.6 Å². The average molecular weight is 765 g/mol. The molecule has 0 bridgehead atoms. The van der Waals surface area contributed by atoms with Crippen LogP contribution in [0.4, 0.5) is 5.95 Å². The number of carbonyl (C=O) groups excluding carboxylic acids is 4. The molecular weight excluding hydrogens is 716 g/mol. The summed E-state index contributed by atoms with van der Waals surface area (Å²) in [5, 5.41) is 20.8. The van der Waals surface area contributed by atoms with E-state index in [1.54, 1.807) is 6.20 Å². The summed E-state index contributed by atoms with van der Waals surface area (Å²) in [6, 6.07) is 2.16. The number of rotatable bonds is 17. The second-order valence-electron chi connectivity index (χ2n) is 14.8. The van der Waals surface area contributed by atoms with Crippen molar-refractivity contribution in [2.75, 3.05) is 25.0 Å². The Labute approximate surface area is 318 Å². The molecule has 1 saturated heterocycles. The molecule has 1 atom stereocenters. The van der Waals surface area contributed by atoms with Gasteiger partial charge in [-0.15, -0.1) is 11.3 Å². The van der Waals surface area contributed by atoms with Gasteiger partial charge in [-0.05, 0) is 94.8 Å². The molecule has 3 fully saturated rings. The van der Waals surface area contributed by atoms with Crippen molar-refractivity contribution in [3.63, 3.8) is 0 Å². The maximum absolute atomic E-state index is 12.9. The molecule has 3 aromatic rings. The normalized spacial score (nSPS) is 21.5. The summed E-state index contributed by atoms with van der Waals surface area (Å²) < 4.78 is 1.95. The monoisotopic (exact) mass is 764 g/mol. The molecule has 5 heterocycles. The van der Waals surface area contributed by atoms with Gasteiger partial charge < -0.3 is 26.2 Å². The van der Waals surface area contributed by atoms with Gasteiger partial charge in [-0.2, -0.15) is 5.10 Å². The van der Waals surface area contributed by atoms with Crippen LogP contribution in [0.15, 0.2) is 18.5 Å². The molecule has 2 aliphatic carbocycles. The fourth-order valence-corrected chi connectivity index (χ4v) is 8.80. The molecule has 2 aliphatic heterocycles. The largest absolute Gasteiger partial charge is 0.351 e. The SMILES string of the molecule is Cn1ncc(-c2nc(NC3CCC(NCCCCCNCC(=O)NCc4cc5c(s4)C(=O)N(C4CCC(=O)NC4=O)C5)CC3)ncc2Cl)c1CC1CC1. The fourth-order valence-electron chi connectivity index (χ4n) is 7.54. The predicted octanol–water partition coefficient (Wildman–Crippen LogP) is 3.69. The topological polar surface area (TPSA) is 175 Å². The van der Waals surface area contributed by atoms with Gasteiger partial charge in [0.05, 0.1) is 41.1 Å². The van der Waals surface area contributed by atoms with Crippen LogP contribution in [0.5, 0.6) is 0 Å². The summed E-state index contributed by atoms with van der Waals surface area (Å²) in [5.41, 5.74) is 3.80. The van der Waals surface area contributed by atoms with E-state index in [0.717, 1.165) is 92.1 Å². The van der Waals surface area contributed by atoms with E-state index in [0.29, 0.717) is 47.4 Å². The first-order valence-corrected chi connectivity index (χ1v) is 20.2. The third-order valence-electron chi connectivity index (χ3n) is 10.8. The lowest BCUT2D eigenvalue weighted by molar-refractivity contribution is -0.137. The van der Waals surface area contributed by atoms with Gasteiger partial charge in [-0.25, -0.2) is 9.97 Å². The van der Waals surface area contributed by atoms with Crippen LogP contribution in [-0.4, -0.2) is 86.0 Å². The second-order valence-corrected chi connectivity index (χ2v) is 16.3. The predicted molar refractivity (Wildman–Crippen MR) is 202 cm³/mol. The summed E-state index contributed by atoms with van der Waals surface area (Å²) in [6.45, 7) is 2.71. The van der Waals surface area contributed by atoms with Crippen molar-refractivity contribution in [3.05, 3.63) is 44.5 Å². The van der Waals surface area contributed by atoms with E-state index in [1.807, 2.05) is 24.0 Å². The highest BCUT2D eigenvalue weighted by Gasteiger charge is 2.40. The summed E-state index contributed by atoms with van der Waals surface area (Å²) in [5.74, 6) is 0.375. The van der Waals surface area contributed by atoms with Crippen LogP contribution in [0.2, 0.25) is 5.02 Å². The summed E-state index contributed by atoms with van der Waals surface area (Å²) in [4.78, 5) is 61.4. The van der Waals surface area contributed by atoms with Gasteiger partial charge in [-0.1, -0.05) is 18.0 Å². The van der Waals surface area contributed by atoms with Gasteiger partial charge >= 0.3 is 0 Å². The van der Waals surface area contributed by atoms with Crippen molar-refractivity contribution < 1.29 is 19.2 Å². The Kier molecular flexibility index (Phi) is 12.0. The first-order chi connectivity index (χ1) is 25.7. The van der Waals surface area contributed by atoms with E-state index < -0.39 is 11.9 Å². The van der Waals surface area contributed by atoms with E-state index in [9.17, 15) is 19.2 Å². The molecule has 0 spiro atoms. The van der Waals surface area contributed by atoms with E-state index in [-0.39, 0.29) is 30.7 Å². The number of imide groups is 1. The Bertz CT molecular complexity index is 1820. The minimum absolute atomic E-state index is 0.0867. The smallest absolute Gasteiger partial charge is 0.265 e. The number of nitrogens with zero attached hydrogens (tertiary/aromatic N) is 5. The molecule has 14 nitrogen and oxygen atoms in total. The number of carbonyl (C=O) groups is 4. The first kappa shape index (κ1) is 37.4. The summed E-state index contributed by atoms with van der Waals surface area (Å²) in [6.07, 6.45) is 15.2. The van der Waals surface area contributed by atoms with Crippen LogP contribution in [-0.2, 0) is 40.9 Å². The Morgan fingerprint density at radius 2 is 1.81 bits per heavy atom. The molecule has 4 amide bonds. The first-order valence-electron chi connectivity index (χ1n) is 19.0. The number of fused-ring (bicyclic) bond motifs is 1. The second kappa shape index (κ2) is 17.0. The highest BCUT2D eigenvalue weighted by Crippen LogP contribution is 2.37. The number of nitrogens with one attached hydrogen (secondary N) is 5. The van der Waals surface area contributed by atoms with Gasteiger partial charge in [-0.3, -0.25) is 29.2 Å². The molecule has 53 heavy (non-hydrogen) atoms. The molecular formula is C37H49ClN10O4S. The van der Waals surface area contributed by atoms with Crippen LogP contribution >= 0.6 is 22.9 Å². The fraction of sp³-hybridized carbons (Fsp3) is 0.595. The summed E-state index contributed by atoms with van der Waals surface area (Å²) >= 11 is 7.91. The minimum atomic E-state index is -0.616. The number of piperidine rings is 1. The molecule has 0 radical (unpaired) electrons. The zero-order valence-corrected chi connectivity index (χ0v) is 31.8.